The molecule has 0 unspecified atom stereocenters. The van der Waals surface area contributed by atoms with Gasteiger partial charge in [-0.05, 0) is 24.6 Å². The average molecular weight is 447 g/mol. The van der Waals surface area contributed by atoms with E-state index in [9.17, 15) is 9.59 Å². The third-order valence-electron chi connectivity index (χ3n) is 5.11. The number of hydrogen-bond donors (Lipinski definition) is 0. The van der Waals surface area contributed by atoms with E-state index in [1.807, 2.05) is 54.6 Å². The van der Waals surface area contributed by atoms with Crippen LogP contribution in [0.2, 0.25) is 0 Å². The van der Waals surface area contributed by atoms with Crippen LogP contribution in [0.3, 0.4) is 0 Å². The molecule has 0 amide bonds. The Hall–Kier alpha value is -3.71. The number of para-hydroxylation sites is 1. The molecule has 1 aliphatic heterocycles. The number of ether oxygens (including phenoxy) is 2. The third kappa shape index (κ3) is 3.94. The van der Waals surface area contributed by atoms with Crippen molar-refractivity contribution in [3.63, 3.8) is 0 Å². The van der Waals surface area contributed by atoms with Crippen LogP contribution < -0.4 is 19.6 Å². The normalized spacial score (nSPS) is 15.7. The molecule has 7 heteroatoms. The molecule has 3 aromatic rings. The number of carbonyl (C=O) groups is 1. The molecule has 6 nitrogen and oxygen atoms in total. The van der Waals surface area contributed by atoms with E-state index >= 15 is 0 Å². The molecule has 2 aromatic carbocycles. The second kappa shape index (κ2) is 9.20. The van der Waals surface area contributed by atoms with E-state index < -0.39 is 12.0 Å². The lowest BCUT2D eigenvalue weighted by atomic mass is 9.96. The molecule has 0 bridgehead atoms. The molecule has 0 radical (unpaired) electrons. The molecule has 1 atom stereocenters. The Morgan fingerprint density at radius 3 is 2.62 bits per heavy atom. The van der Waals surface area contributed by atoms with E-state index in [1.54, 1.807) is 24.7 Å². The van der Waals surface area contributed by atoms with Gasteiger partial charge in [-0.2, -0.15) is 0 Å². The minimum absolute atomic E-state index is 0.0787. The highest BCUT2D eigenvalue weighted by Gasteiger charge is 2.33. The number of esters is 1. The molecule has 4 rings (SSSR count). The van der Waals surface area contributed by atoms with Crippen molar-refractivity contribution in [1.82, 2.24) is 4.57 Å². The van der Waals surface area contributed by atoms with Gasteiger partial charge in [0.1, 0.15) is 12.4 Å². The first-order chi connectivity index (χ1) is 15.5. The first kappa shape index (κ1) is 21.5. The molecule has 0 spiro atoms. The van der Waals surface area contributed by atoms with Crippen molar-refractivity contribution in [2.45, 2.75) is 13.0 Å². The lowest BCUT2D eigenvalue weighted by Gasteiger charge is -2.24. The molecule has 2 heterocycles. The van der Waals surface area contributed by atoms with Crippen LogP contribution in [-0.2, 0) is 9.53 Å². The van der Waals surface area contributed by atoms with Gasteiger partial charge in [-0.1, -0.05) is 72.5 Å². The summed E-state index contributed by atoms with van der Waals surface area (Å²) in [5.74, 6) is 0.154. The molecular weight excluding hydrogens is 424 g/mol. The summed E-state index contributed by atoms with van der Waals surface area (Å²) in [6.45, 7) is 5.44. The van der Waals surface area contributed by atoms with Crippen molar-refractivity contribution in [3.05, 3.63) is 109 Å². The summed E-state index contributed by atoms with van der Waals surface area (Å²) in [4.78, 5) is 31.6. The first-order valence-electron chi connectivity index (χ1n) is 10.0. The van der Waals surface area contributed by atoms with Crippen molar-refractivity contribution < 1.29 is 14.3 Å². The molecule has 0 aliphatic carbocycles. The zero-order chi connectivity index (χ0) is 22.7. The van der Waals surface area contributed by atoms with Gasteiger partial charge in [0.15, 0.2) is 4.80 Å². The molecule has 0 saturated heterocycles. The van der Waals surface area contributed by atoms with E-state index in [-0.39, 0.29) is 12.2 Å². The summed E-state index contributed by atoms with van der Waals surface area (Å²) < 4.78 is 12.8. The van der Waals surface area contributed by atoms with Crippen LogP contribution in [0, 0.1) is 0 Å². The minimum Gasteiger partial charge on any atom is -0.496 e. The van der Waals surface area contributed by atoms with Gasteiger partial charge in [0.2, 0.25) is 0 Å². The van der Waals surface area contributed by atoms with Crippen molar-refractivity contribution in [2.24, 2.45) is 4.99 Å². The fourth-order valence-electron chi connectivity index (χ4n) is 3.67. The fourth-order valence-corrected chi connectivity index (χ4v) is 4.71. The summed E-state index contributed by atoms with van der Waals surface area (Å²) in [5, 5.41) is 0. The Kier molecular flexibility index (Phi) is 6.18. The topological polar surface area (TPSA) is 69.9 Å². The lowest BCUT2D eigenvalue weighted by Crippen LogP contribution is -2.39. The first-order valence-corrected chi connectivity index (χ1v) is 10.9. The molecule has 1 aromatic heterocycles. The van der Waals surface area contributed by atoms with Gasteiger partial charge in [0, 0.05) is 5.56 Å². The molecule has 0 saturated carbocycles. The molecule has 32 heavy (non-hydrogen) atoms. The fraction of sp³-hybridized carbons (Fsp3) is 0.160. The SMILES string of the molecule is C=CCOC(=O)C1=C(C)N=c2sc(=Cc3ccccc3OC)c(=O)n2[C@H]1c1ccccc1. The van der Waals surface area contributed by atoms with Crippen LogP contribution in [0.4, 0.5) is 0 Å². The van der Waals surface area contributed by atoms with Crippen molar-refractivity contribution in [1.29, 1.82) is 0 Å². The maximum Gasteiger partial charge on any atom is 0.338 e. The number of allylic oxidation sites excluding steroid dienone is 1. The van der Waals surface area contributed by atoms with E-state index in [2.05, 4.69) is 11.6 Å². The van der Waals surface area contributed by atoms with Gasteiger partial charge in [0.25, 0.3) is 5.56 Å². The van der Waals surface area contributed by atoms with Crippen LogP contribution in [0.1, 0.15) is 24.1 Å². The van der Waals surface area contributed by atoms with Gasteiger partial charge in [-0.15, -0.1) is 0 Å². The maximum absolute atomic E-state index is 13.5. The predicted octanol–water partition coefficient (Wildman–Crippen LogP) is 2.97. The van der Waals surface area contributed by atoms with Crippen molar-refractivity contribution in [2.75, 3.05) is 13.7 Å². The van der Waals surface area contributed by atoms with E-state index in [0.717, 1.165) is 11.1 Å². The zero-order valence-electron chi connectivity index (χ0n) is 17.8. The number of fused-ring (bicyclic) bond motifs is 1. The highest BCUT2D eigenvalue weighted by atomic mass is 32.1. The van der Waals surface area contributed by atoms with Crippen molar-refractivity contribution in [3.8, 4) is 5.75 Å². The highest BCUT2D eigenvalue weighted by molar-refractivity contribution is 7.07. The van der Waals surface area contributed by atoms with Crippen LogP contribution >= 0.6 is 11.3 Å². The van der Waals surface area contributed by atoms with Crippen LogP contribution in [0.5, 0.6) is 5.75 Å². The monoisotopic (exact) mass is 446 g/mol. The zero-order valence-corrected chi connectivity index (χ0v) is 18.6. The minimum atomic E-state index is -0.635. The summed E-state index contributed by atoms with van der Waals surface area (Å²) in [7, 11) is 1.59. The van der Waals surface area contributed by atoms with Crippen LogP contribution in [0.25, 0.3) is 6.08 Å². The second-order valence-corrected chi connectivity index (χ2v) is 8.13. The van der Waals surface area contributed by atoms with Gasteiger partial charge in [-0.3, -0.25) is 9.36 Å². The average Bonchev–Trinajstić information content (AvgIpc) is 3.11. The number of aromatic nitrogens is 1. The number of nitrogens with zero attached hydrogens (tertiary/aromatic N) is 2. The van der Waals surface area contributed by atoms with Crippen LogP contribution in [-0.4, -0.2) is 24.3 Å². The Morgan fingerprint density at radius 1 is 1.19 bits per heavy atom. The second-order valence-electron chi connectivity index (χ2n) is 7.12. The van der Waals surface area contributed by atoms with E-state index in [1.165, 1.54) is 17.4 Å². The number of carbonyl (C=O) groups excluding carboxylic acids is 1. The lowest BCUT2D eigenvalue weighted by molar-refractivity contribution is -0.138. The summed E-state index contributed by atoms with van der Waals surface area (Å²) in [6, 6.07) is 16.3. The molecule has 0 N–H and O–H groups in total. The third-order valence-corrected chi connectivity index (χ3v) is 6.10. The van der Waals surface area contributed by atoms with Gasteiger partial charge in [-0.25, -0.2) is 9.79 Å². The molecule has 162 valence electrons. The number of benzene rings is 2. The number of rotatable bonds is 6. The highest BCUT2D eigenvalue weighted by Crippen LogP contribution is 2.30. The molecule has 1 aliphatic rings. The quantitative estimate of drug-likeness (QED) is 0.431. The number of thiazole rings is 1. The standard InChI is InChI=1S/C25H22N2O4S/c1-4-14-31-24(29)21-16(2)26-25-27(22(21)17-10-6-5-7-11-17)23(28)20(32-25)15-18-12-8-9-13-19(18)30-3/h4-13,15,22H,1,14H2,2-3H3/t22-/m0/s1. The van der Waals surface area contributed by atoms with Crippen LogP contribution in [0.15, 0.2) is 88.3 Å². The van der Waals surface area contributed by atoms with Gasteiger partial charge in [0.05, 0.1) is 29.0 Å². The van der Waals surface area contributed by atoms with E-state index in [0.29, 0.717) is 26.4 Å². The van der Waals surface area contributed by atoms with Gasteiger partial charge >= 0.3 is 5.97 Å². The van der Waals surface area contributed by atoms with E-state index in [4.69, 9.17) is 9.47 Å². The largest absolute Gasteiger partial charge is 0.496 e. The summed E-state index contributed by atoms with van der Waals surface area (Å²) in [6.07, 6.45) is 3.30. The maximum atomic E-state index is 13.5. The Balaban J connectivity index is 1.94. The summed E-state index contributed by atoms with van der Waals surface area (Å²) in [5.41, 5.74) is 2.23. The summed E-state index contributed by atoms with van der Waals surface area (Å²) >= 11 is 1.28. The Morgan fingerprint density at radius 2 is 1.91 bits per heavy atom. The number of methoxy groups -OCH3 is 1. The van der Waals surface area contributed by atoms with Crippen molar-refractivity contribution >= 4 is 23.4 Å². The predicted molar refractivity (Wildman–Crippen MR) is 124 cm³/mol. The molecular formula is C25H22N2O4S. The Bertz CT molecular complexity index is 1380. The Labute approximate surface area is 189 Å². The van der Waals surface area contributed by atoms with Gasteiger partial charge < -0.3 is 9.47 Å². The number of hydrogen-bond acceptors (Lipinski definition) is 6. The smallest absolute Gasteiger partial charge is 0.338 e. The molecule has 0 fully saturated rings.